The number of oxazole rings is 2. The average molecular weight is 258 g/mol. The normalized spacial score (nSPS) is 11.1. The van der Waals surface area contributed by atoms with E-state index in [1.54, 1.807) is 19.4 Å². The van der Waals surface area contributed by atoms with Gasteiger partial charge in [-0.2, -0.15) is 0 Å². The van der Waals surface area contributed by atoms with E-state index in [-0.39, 0.29) is 12.3 Å². The number of hydrogen-bond acceptors (Lipinski definition) is 6. The molecular weight excluding hydrogens is 246 g/mol. The molecule has 0 saturated carbocycles. The van der Waals surface area contributed by atoms with Gasteiger partial charge in [0, 0.05) is 11.8 Å². The SMILES string of the molecule is [2H]c1cnc(Nc2ccc(-c3cnco3)c(OC)c2)o1. The number of aromatic nitrogens is 2. The summed E-state index contributed by atoms with van der Waals surface area (Å²) in [4.78, 5) is 7.79. The van der Waals surface area contributed by atoms with Crippen LogP contribution < -0.4 is 10.1 Å². The van der Waals surface area contributed by atoms with Crippen LogP contribution in [0.5, 0.6) is 5.75 Å². The van der Waals surface area contributed by atoms with E-state index in [1.165, 1.54) is 12.6 Å². The van der Waals surface area contributed by atoms with E-state index in [0.717, 1.165) is 11.3 Å². The Balaban J connectivity index is 1.91. The Morgan fingerprint density at radius 2 is 2.32 bits per heavy atom. The fraction of sp³-hybridized carbons (Fsp3) is 0.0769. The van der Waals surface area contributed by atoms with E-state index in [4.69, 9.17) is 14.9 Å². The second-order valence-corrected chi connectivity index (χ2v) is 3.69. The van der Waals surface area contributed by atoms with Gasteiger partial charge in [0.15, 0.2) is 12.2 Å². The van der Waals surface area contributed by atoms with Crippen molar-refractivity contribution in [2.75, 3.05) is 12.4 Å². The van der Waals surface area contributed by atoms with Crippen molar-refractivity contribution in [1.82, 2.24) is 9.97 Å². The molecule has 0 spiro atoms. The summed E-state index contributed by atoms with van der Waals surface area (Å²) in [6, 6.07) is 5.70. The van der Waals surface area contributed by atoms with Crippen LogP contribution in [-0.4, -0.2) is 17.1 Å². The van der Waals surface area contributed by atoms with Gasteiger partial charge in [-0.3, -0.25) is 0 Å². The number of hydrogen-bond donors (Lipinski definition) is 1. The predicted octanol–water partition coefficient (Wildman–Crippen LogP) is 3.08. The summed E-state index contributed by atoms with van der Waals surface area (Å²) < 4.78 is 22.9. The first kappa shape index (κ1) is 10.2. The van der Waals surface area contributed by atoms with Gasteiger partial charge in [-0.15, -0.1) is 0 Å². The summed E-state index contributed by atoms with van der Waals surface area (Å²) in [6.07, 6.45) is 4.30. The third kappa shape index (κ3) is 2.28. The Bertz CT molecular complexity index is 709. The van der Waals surface area contributed by atoms with Crippen molar-refractivity contribution in [3.8, 4) is 17.1 Å². The summed E-state index contributed by atoms with van der Waals surface area (Å²) in [5.74, 6) is 1.25. The molecule has 0 atom stereocenters. The smallest absolute Gasteiger partial charge is 0.299 e. The molecule has 0 amide bonds. The molecule has 19 heavy (non-hydrogen) atoms. The molecule has 1 aromatic carbocycles. The van der Waals surface area contributed by atoms with Gasteiger partial charge < -0.3 is 18.9 Å². The molecule has 0 fully saturated rings. The van der Waals surface area contributed by atoms with Crippen molar-refractivity contribution < 1.29 is 14.9 Å². The second-order valence-electron chi connectivity index (χ2n) is 3.69. The fourth-order valence-electron chi connectivity index (χ4n) is 1.70. The number of nitrogens with one attached hydrogen (secondary N) is 1. The van der Waals surface area contributed by atoms with Crippen molar-refractivity contribution in [2.45, 2.75) is 0 Å². The Labute approximate surface area is 110 Å². The molecule has 3 aromatic rings. The number of rotatable bonds is 4. The van der Waals surface area contributed by atoms with Crippen molar-refractivity contribution in [3.05, 3.63) is 43.2 Å². The summed E-state index contributed by atoms with van der Waals surface area (Å²) in [5.41, 5.74) is 1.52. The molecule has 0 aliphatic carbocycles. The van der Waals surface area contributed by atoms with E-state index in [0.29, 0.717) is 11.5 Å². The topological polar surface area (TPSA) is 73.3 Å². The third-order valence-corrected chi connectivity index (χ3v) is 2.54. The number of benzene rings is 1. The van der Waals surface area contributed by atoms with Crippen LogP contribution in [0.3, 0.4) is 0 Å². The molecule has 2 heterocycles. The number of nitrogens with zero attached hydrogens (tertiary/aromatic N) is 2. The van der Waals surface area contributed by atoms with Gasteiger partial charge in [0.1, 0.15) is 13.4 Å². The van der Waals surface area contributed by atoms with Crippen molar-refractivity contribution in [1.29, 1.82) is 0 Å². The summed E-state index contributed by atoms with van der Waals surface area (Å²) >= 11 is 0. The third-order valence-electron chi connectivity index (χ3n) is 2.54. The van der Waals surface area contributed by atoms with E-state index >= 15 is 0 Å². The Kier molecular flexibility index (Phi) is 2.60. The minimum absolute atomic E-state index is 0.00209. The number of anilines is 2. The van der Waals surface area contributed by atoms with Crippen molar-refractivity contribution in [2.24, 2.45) is 0 Å². The largest absolute Gasteiger partial charge is 0.496 e. The van der Waals surface area contributed by atoms with E-state index in [9.17, 15) is 0 Å². The van der Waals surface area contributed by atoms with Gasteiger partial charge in [0.25, 0.3) is 6.01 Å². The lowest BCUT2D eigenvalue weighted by Gasteiger charge is -2.08. The van der Waals surface area contributed by atoms with Gasteiger partial charge in [-0.05, 0) is 12.1 Å². The maximum atomic E-state index is 7.28. The van der Waals surface area contributed by atoms with Crippen LogP contribution in [0.2, 0.25) is 0 Å². The first-order valence-corrected chi connectivity index (χ1v) is 5.52. The molecule has 0 unspecified atom stereocenters. The highest BCUT2D eigenvalue weighted by Gasteiger charge is 2.10. The van der Waals surface area contributed by atoms with Gasteiger partial charge in [-0.25, -0.2) is 9.97 Å². The monoisotopic (exact) mass is 258 g/mol. The maximum Gasteiger partial charge on any atom is 0.299 e. The Hall–Kier alpha value is -2.76. The highest BCUT2D eigenvalue weighted by molar-refractivity contribution is 5.70. The minimum atomic E-state index is -0.00209. The van der Waals surface area contributed by atoms with Crippen LogP contribution in [0.15, 0.2) is 52.1 Å². The molecule has 3 rings (SSSR count). The molecule has 2 aromatic heterocycles. The van der Waals surface area contributed by atoms with E-state index in [1.807, 2.05) is 12.1 Å². The van der Waals surface area contributed by atoms with Crippen LogP contribution in [0.4, 0.5) is 11.7 Å². The summed E-state index contributed by atoms with van der Waals surface area (Å²) in [6.45, 7) is 0. The van der Waals surface area contributed by atoms with E-state index < -0.39 is 0 Å². The molecule has 96 valence electrons. The van der Waals surface area contributed by atoms with Crippen LogP contribution in [-0.2, 0) is 0 Å². The molecule has 1 N–H and O–H groups in total. The first-order chi connectivity index (χ1) is 9.76. The molecule has 0 bridgehead atoms. The minimum Gasteiger partial charge on any atom is -0.496 e. The van der Waals surface area contributed by atoms with Crippen molar-refractivity contribution >= 4 is 11.7 Å². The van der Waals surface area contributed by atoms with Crippen molar-refractivity contribution in [3.63, 3.8) is 0 Å². The summed E-state index contributed by atoms with van der Waals surface area (Å²) in [7, 11) is 1.58. The average Bonchev–Trinajstić information content (AvgIpc) is 3.10. The lowest BCUT2D eigenvalue weighted by atomic mass is 10.1. The van der Waals surface area contributed by atoms with Crippen LogP contribution in [0, 0.1) is 0 Å². The van der Waals surface area contributed by atoms with Crippen LogP contribution in [0.25, 0.3) is 11.3 Å². The number of ether oxygens (including phenoxy) is 1. The van der Waals surface area contributed by atoms with Gasteiger partial charge in [0.2, 0.25) is 0 Å². The Morgan fingerprint density at radius 3 is 3.00 bits per heavy atom. The first-order valence-electron chi connectivity index (χ1n) is 6.02. The lowest BCUT2D eigenvalue weighted by molar-refractivity contribution is 0.415. The van der Waals surface area contributed by atoms with Crippen LogP contribution >= 0.6 is 0 Å². The highest BCUT2D eigenvalue weighted by Crippen LogP contribution is 2.32. The molecule has 6 nitrogen and oxygen atoms in total. The fourth-order valence-corrected chi connectivity index (χ4v) is 1.70. The van der Waals surface area contributed by atoms with Gasteiger partial charge in [0.05, 0.1) is 25.1 Å². The zero-order valence-corrected chi connectivity index (χ0v) is 10.1. The Morgan fingerprint density at radius 1 is 1.37 bits per heavy atom. The molecule has 6 heteroatoms. The molecule has 0 radical (unpaired) electrons. The molecule has 0 aliphatic rings. The molecular formula is C13H11N3O3. The quantitative estimate of drug-likeness (QED) is 0.775. The number of methoxy groups -OCH3 is 1. The maximum absolute atomic E-state index is 7.28. The molecule has 0 saturated heterocycles. The predicted molar refractivity (Wildman–Crippen MR) is 68.3 cm³/mol. The molecule has 0 aliphatic heterocycles. The zero-order chi connectivity index (χ0) is 13.9. The van der Waals surface area contributed by atoms with Crippen LogP contribution in [0.1, 0.15) is 1.37 Å². The van der Waals surface area contributed by atoms with E-state index in [2.05, 4.69) is 15.3 Å². The zero-order valence-electron chi connectivity index (χ0n) is 11.1. The van der Waals surface area contributed by atoms with Gasteiger partial charge in [-0.1, -0.05) is 0 Å². The lowest BCUT2D eigenvalue weighted by Crippen LogP contribution is -1.93. The second kappa shape index (κ2) is 4.85. The standard InChI is InChI=1S/C13H11N3O3/c1-17-11-6-9(16-13-15-4-5-18-13)2-3-10(11)12-7-14-8-19-12/h2-8H,1H3,(H,15,16)/i5D. The summed E-state index contributed by atoms with van der Waals surface area (Å²) in [5, 5.41) is 2.95. The highest BCUT2D eigenvalue weighted by atomic mass is 16.5. The van der Waals surface area contributed by atoms with Gasteiger partial charge >= 0.3 is 0 Å².